The topological polar surface area (TPSA) is 0 Å². The van der Waals surface area contributed by atoms with E-state index in [4.69, 9.17) is 0 Å². The normalized spacial score (nSPS) is 47.2. The summed E-state index contributed by atoms with van der Waals surface area (Å²) in [5, 5.41) is 0. The standard InChI is InChI=1S/C26H46/c1-8-22-19(4)17-26(22,7)24-15-16-25(6)21(12-10-9-11-18(2)3)13-14-23(25)20(24)5/h8,18-21,23-24H,9-17H2,1-7H3/b22-8-. The molecule has 3 rings (SSSR count). The Hall–Kier alpha value is -0.260. The molecule has 0 nitrogen and oxygen atoms in total. The highest BCUT2D eigenvalue weighted by molar-refractivity contribution is 5.28. The monoisotopic (exact) mass is 358 g/mol. The van der Waals surface area contributed by atoms with E-state index in [2.05, 4.69) is 54.5 Å². The van der Waals surface area contributed by atoms with Gasteiger partial charge in [-0.2, -0.15) is 0 Å². The van der Waals surface area contributed by atoms with Gasteiger partial charge in [0.1, 0.15) is 0 Å². The maximum atomic E-state index is 2.69. The summed E-state index contributed by atoms with van der Waals surface area (Å²) in [7, 11) is 0. The van der Waals surface area contributed by atoms with Gasteiger partial charge in [-0.05, 0) is 91.8 Å². The minimum atomic E-state index is 0.518. The second-order valence-electron chi connectivity index (χ2n) is 11.3. The highest BCUT2D eigenvalue weighted by Crippen LogP contribution is 2.66. The highest BCUT2D eigenvalue weighted by Gasteiger charge is 2.58. The first-order chi connectivity index (χ1) is 12.2. The van der Waals surface area contributed by atoms with Crippen molar-refractivity contribution in [2.45, 2.75) is 106 Å². The van der Waals surface area contributed by atoms with Crippen LogP contribution in [-0.4, -0.2) is 0 Å². The van der Waals surface area contributed by atoms with Crippen LogP contribution in [0, 0.1) is 46.3 Å². The van der Waals surface area contributed by atoms with Crippen LogP contribution in [0.5, 0.6) is 0 Å². The molecule has 26 heavy (non-hydrogen) atoms. The molecule has 3 saturated carbocycles. The maximum absolute atomic E-state index is 2.69. The molecule has 0 saturated heterocycles. The van der Waals surface area contributed by atoms with Gasteiger partial charge in [-0.25, -0.2) is 0 Å². The van der Waals surface area contributed by atoms with E-state index in [1.807, 2.05) is 0 Å². The first kappa shape index (κ1) is 20.5. The third kappa shape index (κ3) is 3.33. The van der Waals surface area contributed by atoms with Crippen LogP contribution in [0.1, 0.15) is 106 Å². The molecule has 0 heteroatoms. The van der Waals surface area contributed by atoms with Crippen LogP contribution in [-0.2, 0) is 0 Å². The van der Waals surface area contributed by atoms with Crippen LogP contribution < -0.4 is 0 Å². The van der Waals surface area contributed by atoms with E-state index in [1.54, 1.807) is 5.57 Å². The molecular formula is C26H46. The second-order valence-corrected chi connectivity index (χ2v) is 11.3. The van der Waals surface area contributed by atoms with Gasteiger partial charge in [0.2, 0.25) is 0 Å². The van der Waals surface area contributed by atoms with E-state index < -0.39 is 0 Å². The van der Waals surface area contributed by atoms with Gasteiger partial charge in [-0.15, -0.1) is 0 Å². The minimum absolute atomic E-state index is 0.518. The number of allylic oxidation sites excluding steroid dienone is 2. The fraction of sp³-hybridized carbons (Fsp3) is 0.923. The summed E-state index contributed by atoms with van der Waals surface area (Å²) in [6.07, 6.45) is 15.8. The zero-order chi connectivity index (χ0) is 19.1. The van der Waals surface area contributed by atoms with Crippen LogP contribution in [0.25, 0.3) is 0 Å². The third-order valence-electron chi connectivity index (χ3n) is 9.50. The fourth-order valence-corrected chi connectivity index (χ4v) is 8.20. The van der Waals surface area contributed by atoms with Gasteiger partial charge in [0.25, 0.3) is 0 Å². The minimum Gasteiger partial charge on any atom is -0.0876 e. The zero-order valence-electron chi connectivity index (χ0n) is 18.9. The Morgan fingerprint density at radius 2 is 1.77 bits per heavy atom. The van der Waals surface area contributed by atoms with Crippen molar-refractivity contribution in [3.63, 3.8) is 0 Å². The zero-order valence-corrected chi connectivity index (χ0v) is 18.9. The number of hydrogen-bond acceptors (Lipinski definition) is 0. The average Bonchev–Trinajstić information content (AvgIpc) is 2.89. The summed E-state index contributed by atoms with van der Waals surface area (Å²) in [6.45, 7) is 17.4. The molecule has 3 aliphatic rings. The van der Waals surface area contributed by atoms with Gasteiger partial charge in [-0.1, -0.05) is 72.5 Å². The summed E-state index contributed by atoms with van der Waals surface area (Å²) < 4.78 is 0. The molecule has 3 fully saturated rings. The molecule has 0 radical (unpaired) electrons. The molecule has 150 valence electrons. The van der Waals surface area contributed by atoms with E-state index in [1.165, 1.54) is 57.8 Å². The summed E-state index contributed by atoms with van der Waals surface area (Å²) >= 11 is 0. The van der Waals surface area contributed by atoms with Crippen molar-refractivity contribution >= 4 is 0 Å². The molecule has 0 heterocycles. The molecule has 7 atom stereocenters. The Morgan fingerprint density at radius 3 is 2.38 bits per heavy atom. The number of rotatable bonds is 6. The van der Waals surface area contributed by atoms with Crippen LogP contribution in [0.15, 0.2) is 11.6 Å². The molecular weight excluding hydrogens is 312 g/mol. The van der Waals surface area contributed by atoms with Gasteiger partial charge in [0.15, 0.2) is 0 Å². The Balaban J connectivity index is 1.64. The van der Waals surface area contributed by atoms with Crippen molar-refractivity contribution in [2.24, 2.45) is 46.3 Å². The van der Waals surface area contributed by atoms with E-state index in [0.717, 1.165) is 35.5 Å². The van der Waals surface area contributed by atoms with Crippen molar-refractivity contribution in [1.29, 1.82) is 0 Å². The second kappa shape index (κ2) is 7.63. The van der Waals surface area contributed by atoms with Crippen LogP contribution in [0.3, 0.4) is 0 Å². The van der Waals surface area contributed by atoms with Gasteiger partial charge < -0.3 is 0 Å². The Bertz CT molecular complexity index is 514. The van der Waals surface area contributed by atoms with E-state index >= 15 is 0 Å². The number of hydrogen-bond donors (Lipinski definition) is 0. The molecule has 7 unspecified atom stereocenters. The lowest BCUT2D eigenvalue weighted by molar-refractivity contribution is -0.0472. The smallest absolute Gasteiger partial charge is 0.00773 e. The molecule has 0 spiro atoms. The Kier molecular flexibility index (Phi) is 6.01. The lowest BCUT2D eigenvalue weighted by Gasteiger charge is -2.59. The molecule has 0 bridgehead atoms. The van der Waals surface area contributed by atoms with E-state index in [9.17, 15) is 0 Å². The Labute approximate surface area is 164 Å². The quantitative estimate of drug-likeness (QED) is 0.331. The molecule has 0 aromatic heterocycles. The van der Waals surface area contributed by atoms with E-state index in [-0.39, 0.29) is 0 Å². The van der Waals surface area contributed by atoms with Crippen molar-refractivity contribution in [1.82, 2.24) is 0 Å². The summed E-state index contributed by atoms with van der Waals surface area (Å²) in [5.41, 5.74) is 2.95. The lowest BCUT2D eigenvalue weighted by atomic mass is 9.46. The SMILES string of the molecule is C/C=C1/C(C)CC1(C)C1CCC2(C)C(CCCCC(C)C)CCC2C1C. The van der Waals surface area contributed by atoms with Crippen molar-refractivity contribution in [3.8, 4) is 0 Å². The first-order valence-electron chi connectivity index (χ1n) is 11.9. The predicted molar refractivity (Wildman–Crippen MR) is 115 cm³/mol. The molecule has 3 aliphatic carbocycles. The van der Waals surface area contributed by atoms with Crippen LogP contribution in [0.4, 0.5) is 0 Å². The molecule has 0 amide bonds. The number of fused-ring (bicyclic) bond motifs is 1. The summed E-state index contributed by atoms with van der Waals surface area (Å²) in [6, 6.07) is 0. The molecule has 0 aromatic rings. The third-order valence-corrected chi connectivity index (χ3v) is 9.50. The van der Waals surface area contributed by atoms with Crippen molar-refractivity contribution in [3.05, 3.63) is 11.6 Å². The van der Waals surface area contributed by atoms with Gasteiger partial charge in [0.05, 0.1) is 0 Å². The van der Waals surface area contributed by atoms with Gasteiger partial charge in [0, 0.05) is 0 Å². The van der Waals surface area contributed by atoms with Gasteiger partial charge >= 0.3 is 0 Å². The summed E-state index contributed by atoms with van der Waals surface area (Å²) in [5.74, 6) is 5.57. The maximum Gasteiger partial charge on any atom is -0.00773 e. The predicted octanol–water partition coefficient (Wildman–Crippen LogP) is 8.27. The highest BCUT2D eigenvalue weighted by atomic mass is 14.6. The van der Waals surface area contributed by atoms with E-state index in [0.29, 0.717) is 10.8 Å². The molecule has 0 N–H and O–H groups in total. The van der Waals surface area contributed by atoms with Crippen molar-refractivity contribution in [2.75, 3.05) is 0 Å². The average molecular weight is 359 g/mol. The van der Waals surface area contributed by atoms with Crippen LogP contribution in [0.2, 0.25) is 0 Å². The fourth-order valence-electron chi connectivity index (χ4n) is 8.20. The molecule has 0 aliphatic heterocycles. The number of unbranched alkanes of at least 4 members (excludes halogenated alkanes) is 1. The van der Waals surface area contributed by atoms with Crippen LogP contribution >= 0.6 is 0 Å². The Morgan fingerprint density at radius 1 is 1.04 bits per heavy atom. The molecule has 0 aromatic carbocycles. The lowest BCUT2D eigenvalue weighted by Crippen LogP contribution is -2.51. The summed E-state index contributed by atoms with van der Waals surface area (Å²) in [4.78, 5) is 0. The largest absolute Gasteiger partial charge is 0.0876 e. The van der Waals surface area contributed by atoms with Gasteiger partial charge in [-0.3, -0.25) is 0 Å². The first-order valence-corrected chi connectivity index (χ1v) is 11.9. The van der Waals surface area contributed by atoms with Crippen molar-refractivity contribution < 1.29 is 0 Å².